The molecule has 0 atom stereocenters. The fourth-order valence-corrected chi connectivity index (χ4v) is 3.53. The lowest BCUT2D eigenvalue weighted by Crippen LogP contribution is -2.33. The van der Waals surface area contributed by atoms with Crippen LogP contribution in [0.4, 0.5) is 0 Å². The molecule has 4 heteroatoms. The first-order valence-electron chi connectivity index (χ1n) is 6.30. The Labute approximate surface area is 118 Å². The molecule has 0 aliphatic rings. The van der Waals surface area contributed by atoms with Crippen molar-refractivity contribution < 1.29 is 8.85 Å². The van der Waals surface area contributed by atoms with Crippen LogP contribution in [-0.2, 0) is 4.12 Å². The van der Waals surface area contributed by atoms with Crippen molar-refractivity contribution in [1.82, 2.24) is 0 Å². The first-order chi connectivity index (χ1) is 9.04. The van der Waals surface area contributed by atoms with Gasteiger partial charge >= 0.3 is 0 Å². The average Bonchev–Trinajstić information content (AvgIpc) is 2.38. The molecule has 0 aliphatic carbocycles. The number of hydrogen-bond acceptors (Lipinski definition) is 2. The minimum Gasteiger partial charge on any atom is -0.457 e. The molecule has 19 heavy (non-hydrogen) atoms. The maximum absolute atomic E-state index is 5.98. The van der Waals surface area contributed by atoms with Gasteiger partial charge in [-0.3, -0.25) is 0 Å². The molecular formula is C15H18O2Si2. The van der Waals surface area contributed by atoms with Gasteiger partial charge in [0.25, 0.3) is 9.76 Å². The molecule has 98 valence electrons. The fraction of sp³-hybridized carbons (Fsp3) is 0.200. The van der Waals surface area contributed by atoms with E-state index in [1.807, 2.05) is 48.5 Å². The summed E-state index contributed by atoms with van der Waals surface area (Å²) >= 11 is 0. The van der Waals surface area contributed by atoms with Gasteiger partial charge in [0.05, 0.1) is 0 Å². The van der Waals surface area contributed by atoms with Crippen molar-refractivity contribution in [3.63, 3.8) is 0 Å². The third kappa shape index (κ3) is 4.66. The molecule has 0 aliphatic heterocycles. The van der Waals surface area contributed by atoms with Crippen LogP contribution < -0.4 is 9.92 Å². The highest BCUT2D eigenvalue weighted by molar-refractivity contribution is 6.76. The lowest BCUT2D eigenvalue weighted by Gasteiger charge is -2.18. The van der Waals surface area contributed by atoms with Crippen molar-refractivity contribution in [3.05, 3.63) is 54.6 Å². The van der Waals surface area contributed by atoms with Crippen molar-refractivity contribution >= 4 is 23.3 Å². The molecule has 0 unspecified atom stereocenters. The van der Waals surface area contributed by atoms with Crippen LogP contribution in [0.5, 0.6) is 11.5 Å². The Bertz CT molecular complexity index is 521. The number of para-hydroxylation sites is 2. The highest BCUT2D eigenvalue weighted by atomic mass is 28.4. The maximum atomic E-state index is 5.98. The van der Waals surface area contributed by atoms with E-state index in [4.69, 9.17) is 8.85 Å². The van der Waals surface area contributed by atoms with Crippen LogP contribution in [0.25, 0.3) is 0 Å². The topological polar surface area (TPSA) is 18.5 Å². The first kappa shape index (κ1) is 14.1. The molecule has 0 fully saturated rings. The minimum atomic E-state index is -1.50. The van der Waals surface area contributed by atoms with Gasteiger partial charge in [-0.15, -0.1) is 0 Å². The van der Waals surface area contributed by atoms with Crippen molar-refractivity contribution in [2.45, 2.75) is 19.6 Å². The lowest BCUT2D eigenvalue weighted by atomic mass is 10.3. The maximum Gasteiger partial charge on any atom is 0.260 e. The molecule has 0 heterocycles. The third-order valence-corrected chi connectivity index (χ3v) is 5.82. The van der Waals surface area contributed by atoms with Gasteiger partial charge < -0.3 is 8.85 Å². The molecule has 0 spiro atoms. The van der Waals surface area contributed by atoms with Crippen LogP contribution in [0, 0.1) is 0 Å². The highest BCUT2D eigenvalue weighted by Gasteiger charge is 2.16. The van der Waals surface area contributed by atoms with Crippen molar-refractivity contribution in [1.29, 1.82) is 0 Å². The SMILES string of the molecule is C[Si](C)(C)O[Si]c1ccccc1Oc1ccccc1. The van der Waals surface area contributed by atoms with E-state index in [1.54, 1.807) is 0 Å². The summed E-state index contributed by atoms with van der Waals surface area (Å²) in [6, 6.07) is 17.9. The second-order valence-corrected chi connectivity index (χ2v) is 11.0. The summed E-state index contributed by atoms with van der Waals surface area (Å²) in [6.45, 7) is 6.59. The highest BCUT2D eigenvalue weighted by Crippen LogP contribution is 2.18. The van der Waals surface area contributed by atoms with E-state index in [-0.39, 0.29) is 0 Å². The summed E-state index contributed by atoms with van der Waals surface area (Å²) in [7, 11) is -1.16. The van der Waals surface area contributed by atoms with E-state index in [9.17, 15) is 0 Å². The van der Waals surface area contributed by atoms with Crippen LogP contribution in [0.3, 0.4) is 0 Å². The summed E-state index contributed by atoms with van der Waals surface area (Å²) in [5, 5.41) is 1.12. The summed E-state index contributed by atoms with van der Waals surface area (Å²) in [5.41, 5.74) is 0. The van der Waals surface area contributed by atoms with E-state index >= 15 is 0 Å². The molecule has 0 bridgehead atoms. The molecule has 0 saturated heterocycles. The molecule has 2 radical (unpaired) electrons. The quantitative estimate of drug-likeness (QED) is 0.782. The van der Waals surface area contributed by atoms with E-state index in [0.717, 1.165) is 16.7 Å². The minimum absolute atomic E-state index is 0.343. The Hall–Kier alpha value is -1.37. The normalized spacial score (nSPS) is 11.3. The molecule has 0 aromatic heterocycles. The summed E-state index contributed by atoms with van der Waals surface area (Å²) in [5.74, 6) is 1.73. The molecule has 2 nitrogen and oxygen atoms in total. The van der Waals surface area contributed by atoms with E-state index in [0.29, 0.717) is 9.76 Å². The zero-order chi connectivity index (χ0) is 13.7. The average molecular weight is 286 g/mol. The van der Waals surface area contributed by atoms with E-state index in [2.05, 4.69) is 25.7 Å². The van der Waals surface area contributed by atoms with E-state index in [1.165, 1.54) is 0 Å². The van der Waals surface area contributed by atoms with Crippen LogP contribution >= 0.6 is 0 Å². The second kappa shape index (κ2) is 6.19. The van der Waals surface area contributed by atoms with Crippen LogP contribution in [0.2, 0.25) is 19.6 Å². The van der Waals surface area contributed by atoms with Gasteiger partial charge in [-0.05, 0) is 37.8 Å². The fourth-order valence-electron chi connectivity index (χ4n) is 1.46. The van der Waals surface area contributed by atoms with E-state index < -0.39 is 8.32 Å². The van der Waals surface area contributed by atoms with Crippen molar-refractivity contribution in [2.75, 3.05) is 0 Å². The van der Waals surface area contributed by atoms with Gasteiger partial charge in [-0.2, -0.15) is 0 Å². The van der Waals surface area contributed by atoms with Gasteiger partial charge in [0.1, 0.15) is 11.5 Å². The number of hydrogen-bond donors (Lipinski definition) is 0. The molecule has 0 N–H and O–H groups in total. The molecule has 2 aromatic rings. The summed E-state index contributed by atoms with van der Waals surface area (Å²) in [6.07, 6.45) is 0. The zero-order valence-corrected chi connectivity index (χ0v) is 13.5. The molecule has 0 saturated carbocycles. The molecule has 2 aromatic carbocycles. The second-order valence-electron chi connectivity index (χ2n) is 5.23. The van der Waals surface area contributed by atoms with Crippen molar-refractivity contribution in [2.24, 2.45) is 0 Å². The van der Waals surface area contributed by atoms with Gasteiger partial charge in [0, 0.05) is 5.19 Å². The largest absolute Gasteiger partial charge is 0.457 e. The standard InChI is InChI=1S/C15H18O2Si2/c1-19(2,3)17-18-15-12-8-7-11-14(15)16-13-9-5-4-6-10-13/h4-12H,1-3H3. The number of rotatable bonds is 5. The Morgan fingerprint density at radius 1 is 0.842 bits per heavy atom. The Kier molecular flexibility index (Phi) is 4.58. The van der Waals surface area contributed by atoms with Crippen molar-refractivity contribution in [3.8, 4) is 11.5 Å². The molecule has 2 rings (SSSR count). The van der Waals surface area contributed by atoms with Gasteiger partial charge in [0.2, 0.25) is 0 Å². The zero-order valence-electron chi connectivity index (χ0n) is 11.5. The monoisotopic (exact) mass is 286 g/mol. The molecular weight excluding hydrogens is 268 g/mol. The van der Waals surface area contributed by atoms with Gasteiger partial charge in [-0.1, -0.05) is 36.4 Å². The Balaban J connectivity index is 2.12. The van der Waals surface area contributed by atoms with Gasteiger partial charge in [0.15, 0.2) is 8.32 Å². The van der Waals surface area contributed by atoms with Crippen LogP contribution in [0.1, 0.15) is 0 Å². The number of benzene rings is 2. The lowest BCUT2D eigenvalue weighted by molar-refractivity contribution is 0.485. The summed E-state index contributed by atoms with van der Waals surface area (Å²) < 4.78 is 11.9. The Morgan fingerprint density at radius 2 is 1.47 bits per heavy atom. The van der Waals surface area contributed by atoms with Crippen LogP contribution in [-0.4, -0.2) is 18.1 Å². The first-order valence-corrected chi connectivity index (χ1v) is 10.6. The predicted molar refractivity (Wildman–Crippen MR) is 82.8 cm³/mol. The van der Waals surface area contributed by atoms with Crippen LogP contribution in [0.15, 0.2) is 54.6 Å². The summed E-state index contributed by atoms with van der Waals surface area (Å²) in [4.78, 5) is 0. The van der Waals surface area contributed by atoms with Gasteiger partial charge in [-0.25, -0.2) is 0 Å². The smallest absolute Gasteiger partial charge is 0.260 e. The predicted octanol–water partition coefficient (Wildman–Crippen LogP) is 3.57. The Morgan fingerprint density at radius 3 is 2.16 bits per heavy atom. The third-order valence-electron chi connectivity index (χ3n) is 2.33. The molecule has 0 amide bonds. The number of ether oxygens (including phenoxy) is 1.